The Morgan fingerprint density at radius 2 is 1.66 bits per heavy atom. The van der Waals surface area contributed by atoms with Crippen molar-refractivity contribution in [3.05, 3.63) is 101 Å². The maximum atomic E-state index is 13.2. The van der Waals surface area contributed by atoms with E-state index < -0.39 is 5.97 Å². The summed E-state index contributed by atoms with van der Waals surface area (Å²) in [6, 6.07) is 23.1. The van der Waals surface area contributed by atoms with E-state index in [0.29, 0.717) is 16.6 Å². The fourth-order valence-corrected chi connectivity index (χ4v) is 4.48. The minimum absolute atomic E-state index is 0.188. The van der Waals surface area contributed by atoms with Crippen molar-refractivity contribution < 1.29 is 14.3 Å². The Hall–Kier alpha value is -3.79. The SMILES string of the molecule is Cc1c(-c2ccccc2)nc2ccccc2c1C(=O)OCC(=O)c1ccc2c(c1)CCC2. The van der Waals surface area contributed by atoms with Crippen LogP contribution in [-0.2, 0) is 17.6 Å². The van der Waals surface area contributed by atoms with Gasteiger partial charge >= 0.3 is 5.97 Å². The summed E-state index contributed by atoms with van der Waals surface area (Å²) in [5.41, 5.74) is 6.71. The number of hydrogen-bond acceptors (Lipinski definition) is 4. The number of hydrogen-bond donors (Lipinski definition) is 0. The van der Waals surface area contributed by atoms with Crippen molar-refractivity contribution >= 4 is 22.7 Å². The molecule has 0 saturated carbocycles. The van der Waals surface area contributed by atoms with E-state index in [1.54, 1.807) is 0 Å². The number of para-hydroxylation sites is 1. The zero-order valence-corrected chi connectivity index (χ0v) is 17.9. The van der Waals surface area contributed by atoms with E-state index >= 15 is 0 Å². The third-order valence-corrected chi connectivity index (χ3v) is 6.14. The van der Waals surface area contributed by atoms with Crippen molar-refractivity contribution in [3.63, 3.8) is 0 Å². The van der Waals surface area contributed by atoms with Gasteiger partial charge in [0, 0.05) is 16.5 Å². The number of benzene rings is 3. The normalized spacial score (nSPS) is 12.5. The van der Waals surface area contributed by atoms with Crippen molar-refractivity contribution in [1.29, 1.82) is 0 Å². The molecule has 32 heavy (non-hydrogen) atoms. The predicted molar refractivity (Wildman–Crippen MR) is 125 cm³/mol. The molecule has 0 spiro atoms. The van der Waals surface area contributed by atoms with Crippen LogP contribution in [0.2, 0.25) is 0 Å². The molecule has 0 amide bonds. The minimum atomic E-state index is -0.507. The van der Waals surface area contributed by atoms with Crippen molar-refractivity contribution in [2.75, 3.05) is 6.61 Å². The molecule has 0 fully saturated rings. The number of nitrogens with zero attached hydrogens (tertiary/aromatic N) is 1. The molecule has 1 aliphatic carbocycles. The summed E-state index contributed by atoms with van der Waals surface area (Å²) in [6.45, 7) is 1.59. The molecule has 0 bridgehead atoms. The van der Waals surface area contributed by atoms with Gasteiger partial charge in [-0.05, 0) is 55.0 Å². The van der Waals surface area contributed by atoms with Crippen molar-refractivity contribution in [1.82, 2.24) is 4.98 Å². The van der Waals surface area contributed by atoms with E-state index in [1.807, 2.05) is 79.7 Å². The lowest BCUT2D eigenvalue weighted by molar-refractivity contribution is 0.0476. The monoisotopic (exact) mass is 421 g/mol. The first kappa shape index (κ1) is 20.1. The summed E-state index contributed by atoms with van der Waals surface area (Å²) in [6.07, 6.45) is 3.19. The van der Waals surface area contributed by atoms with Crippen LogP contribution < -0.4 is 0 Å². The van der Waals surface area contributed by atoms with Crippen LogP contribution in [-0.4, -0.2) is 23.3 Å². The first-order chi connectivity index (χ1) is 15.6. The Kier molecular flexibility index (Phi) is 5.28. The molecule has 0 N–H and O–H groups in total. The number of aryl methyl sites for hydroxylation is 2. The van der Waals surface area contributed by atoms with Crippen LogP contribution in [0.1, 0.15) is 43.8 Å². The van der Waals surface area contributed by atoms with Gasteiger partial charge in [0.25, 0.3) is 0 Å². The van der Waals surface area contributed by atoms with Crippen LogP contribution in [0.3, 0.4) is 0 Å². The first-order valence-electron chi connectivity index (χ1n) is 10.9. The maximum absolute atomic E-state index is 13.2. The van der Waals surface area contributed by atoms with Gasteiger partial charge in [0.2, 0.25) is 0 Å². The smallest absolute Gasteiger partial charge is 0.339 e. The molecule has 0 atom stereocenters. The Labute approximate surface area is 186 Å². The molecule has 1 heterocycles. The molecule has 0 unspecified atom stereocenters. The average molecular weight is 421 g/mol. The molecule has 1 aromatic heterocycles. The van der Waals surface area contributed by atoms with Gasteiger partial charge in [-0.1, -0.05) is 60.7 Å². The van der Waals surface area contributed by atoms with E-state index in [4.69, 9.17) is 9.72 Å². The quantitative estimate of drug-likeness (QED) is 0.305. The molecule has 0 aliphatic heterocycles. The van der Waals surface area contributed by atoms with E-state index in [0.717, 1.165) is 41.5 Å². The van der Waals surface area contributed by atoms with Gasteiger partial charge in [-0.3, -0.25) is 4.79 Å². The number of ether oxygens (including phenoxy) is 1. The highest BCUT2D eigenvalue weighted by atomic mass is 16.5. The summed E-state index contributed by atoms with van der Waals surface area (Å²) < 4.78 is 5.53. The van der Waals surface area contributed by atoms with Gasteiger partial charge < -0.3 is 4.74 Å². The molecule has 4 aromatic rings. The predicted octanol–water partition coefficient (Wildman–Crippen LogP) is 5.74. The van der Waals surface area contributed by atoms with Crippen molar-refractivity contribution in [3.8, 4) is 11.3 Å². The highest BCUT2D eigenvalue weighted by molar-refractivity contribution is 6.07. The second kappa shape index (κ2) is 8.39. The molecule has 1 aliphatic rings. The Balaban J connectivity index is 1.45. The lowest BCUT2D eigenvalue weighted by Crippen LogP contribution is -2.16. The van der Waals surface area contributed by atoms with Crippen LogP contribution in [0.5, 0.6) is 0 Å². The summed E-state index contributed by atoms with van der Waals surface area (Å²) in [4.78, 5) is 30.7. The average Bonchev–Trinajstić information content (AvgIpc) is 3.30. The van der Waals surface area contributed by atoms with Crippen LogP contribution in [0.25, 0.3) is 22.2 Å². The largest absolute Gasteiger partial charge is 0.454 e. The van der Waals surface area contributed by atoms with Gasteiger partial charge in [-0.25, -0.2) is 9.78 Å². The van der Waals surface area contributed by atoms with Gasteiger partial charge in [0.1, 0.15) is 0 Å². The summed E-state index contributed by atoms with van der Waals surface area (Å²) in [5.74, 6) is -0.694. The highest BCUT2D eigenvalue weighted by Crippen LogP contribution is 2.30. The van der Waals surface area contributed by atoms with Crippen LogP contribution in [0, 0.1) is 6.92 Å². The summed E-state index contributed by atoms with van der Waals surface area (Å²) in [5, 5.41) is 0.722. The van der Waals surface area contributed by atoms with Gasteiger partial charge in [-0.15, -0.1) is 0 Å². The zero-order valence-electron chi connectivity index (χ0n) is 17.9. The lowest BCUT2D eigenvalue weighted by atomic mass is 9.98. The second-order valence-electron chi connectivity index (χ2n) is 8.18. The Morgan fingerprint density at radius 1 is 0.906 bits per heavy atom. The number of ketones is 1. The lowest BCUT2D eigenvalue weighted by Gasteiger charge is -2.14. The van der Waals surface area contributed by atoms with Crippen LogP contribution >= 0.6 is 0 Å². The number of Topliss-reactive ketones (excluding diaryl/α,β-unsaturated/α-hetero) is 1. The third kappa shape index (κ3) is 3.69. The fourth-order valence-electron chi connectivity index (χ4n) is 4.48. The Bertz CT molecular complexity index is 1340. The Morgan fingerprint density at radius 3 is 2.50 bits per heavy atom. The number of pyridine rings is 1. The molecule has 0 radical (unpaired) electrons. The van der Waals surface area contributed by atoms with E-state index in [2.05, 4.69) is 0 Å². The van der Waals surface area contributed by atoms with Crippen LogP contribution in [0.4, 0.5) is 0 Å². The van der Waals surface area contributed by atoms with E-state index in [-0.39, 0.29) is 12.4 Å². The molecular weight excluding hydrogens is 398 g/mol. The van der Waals surface area contributed by atoms with Crippen LogP contribution in [0.15, 0.2) is 72.8 Å². The maximum Gasteiger partial charge on any atom is 0.339 e. The molecule has 4 nitrogen and oxygen atoms in total. The number of aromatic nitrogens is 1. The molecule has 5 rings (SSSR count). The van der Waals surface area contributed by atoms with Gasteiger partial charge in [0.05, 0.1) is 16.8 Å². The summed E-state index contributed by atoms with van der Waals surface area (Å²) in [7, 11) is 0. The summed E-state index contributed by atoms with van der Waals surface area (Å²) >= 11 is 0. The number of rotatable bonds is 5. The van der Waals surface area contributed by atoms with Crippen molar-refractivity contribution in [2.24, 2.45) is 0 Å². The highest BCUT2D eigenvalue weighted by Gasteiger charge is 2.21. The molecule has 4 heteroatoms. The van der Waals surface area contributed by atoms with E-state index in [1.165, 1.54) is 11.1 Å². The molecule has 0 saturated heterocycles. The molecule has 158 valence electrons. The molecule has 3 aromatic carbocycles. The number of carbonyl (C=O) groups excluding carboxylic acids is 2. The topological polar surface area (TPSA) is 56.3 Å². The number of esters is 1. The van der Waals surface area contributed by atoms with Gasteiger partial charge in [0.15, 0.2) is 12.4 Å². The second-order valence-corrected chi connectivity index (χ2v) is 8.18. The standard InChI is InChI=1S/C28H23NO3/c1-18-26(23-12-5-6-13-24(23)29-27(18)20-8-3-2-4-9-20)28(31)32-17-25(30)22-15-14-19-10-7-11-21(19)16-22/h2-6,8-9,12-16H,7,10-11,17H2,1H3. The number of fused-ring (bicyclic) bond motifs is 2. The zero-order chi connectivity index (χ0) is 22.1. The molecular formula is C28H23NO3. The first-order valence-corrected chi connectivity index (χ1v) is 10.9. The minimum Gasteiger partial charge on any atom is -0.454 e. The number of carbonyl (C=O) groups is 2. The third-order valence-electron chi connectivity index (χ3n) is 6.14. The van der Waals surface area contributed by atoms with E-state index in [9.17, 15) is 9.59 Å². The van der Waals surface area contributed by atoms with Crippen molar-refractivity contribution in [2.45, 2.75) is 26.2 Å². The fraction of sp³-hybridized carbons (Fsp3) is 0.179. The van der Waals surface area contributed by atoms with Gasteiger partial charge in [-0.2, -0.15) is 0 Å².